The van der Waals surface area contributed by atoms with E-state index in [2.05, 4.69) is 37.0 Å². The molecule has 12 heteroatoms. The highest BCUT2D eigenvalue weighted by atomic mass is 32.1. The maximum Gasteiger partial charge on any atom is 0.186 e. The fraction of sp³-hybridized carbons (Fsp3) is 0.452. The fourth-order valence-corrected chi connectivity index (χ4v) is 7.09. The first-order valence-electron chi connectivity index (χ1n) is 15.0. The number of nitrogen functional groups attached to an aromatic ring is 1. The number of rotatable bonds is 11. The molecule has 6 heterocycles. The van der Waals surface area contributed by atoms with Crippen LogP contribution in [0.15, 0.2) is 29.2 Å². The number of unbranched alkanes of at least 4 members (excludes halogenated alkanes) is 1. The number of aryl methyl sites for hydroxylation is 1. The van der Waals surface area contributed by atoms with Crippen LogP contribution in [-0.4, -0.2) is 59.1 Å². The number of hydrogen-bond acceptors (Lipinski definition) is 10. The summed E-state index contributed by atoms with van der Waals surface area (Å²) >= 11 is 1.44. The van der Waals surface area contributed by atoms with E-state index < -0.39 is 0 Å². The van der Waals surface area contributed by atoms with Crippen LogP contribution >= 0.6 is 11.3 Å². The zero-order valence-corrected chi connectivity index (χ0v) is 25.7. The first-order chi connectivity index (χ1) is 21.0. The minimum Gasteiger partial charge on any atom is -0.392 e. The molecule has 1 aliphatic heterocycles. The highest BCUT2D eigenvalue weighted by Crippen LogP contribution is 2.43. The average Bonchev–Trinajstić information content (AvgIpc) is 3.84. The number of hydrogen-bond donors (Lipinski definition) is 2. The van der Waals surface area contributed by atoms with Crippen LogP contribution in [0.25, 0.3) is 39.7 Å². The summed E-state index contributed by atoms with van der Waals surface area (Å²) in [5.41, 5.74) is 10.4. The molecule has 11 nitrogen and oxygen atoms in total. The monoisotopic (exact) mass is 599 g/mol. The third-order valence-electron chi connectivity index (χ3n) is 8.32. The number of aromatic nitrogens is 6. The van der Waals surface area contributed by atoms with E-state index in [1.807, 2.05) is 33.9 Å². The number of anilines is 1. The van der Waals surface area contributed by atoms with Crippen molar-refractivity contribution in [1.82, 2.24) is 34.4 Å². The summed E-state index contributed by atoms with van der Waals surface area (Å²) in [5.74, 6) is 1.66. The van der Waals surface area contributed by atoms with Crippen molar-refractivity contribution in [1.29, 1.82) is 5.26 Å². The molecule has 1 aliphatic rings. The predicted octanol–water partition coefficient (Wildman–Crippen LogP) is 5.34. The molecule has 0 amide bonds. The molecule has 0 aliphatic carbocycles. The van der Waals surface area contributed by atoms with E-state index in [0.717, 1.165) is 77.8 Å². The molecule has 3 N–H and O–H groups in total. The molecule has 1 atom stereocenters. The van der Waals surface area contributed by atoms with E-state index >= 15 is 0 Å². The van der Waals surface area contributed by atoms with Crippen molar-refractivity contribution in [2.75, 3.05) is 19.3 Å². The van der Waals surface area contributed by atoms with E-state index in [-0.39, 0.29) is 6.61 Å². The normalized spacial score (nSPS) is 15.6. The van der Waals surface area contributed by atoms with Crippen molar-refractivity contribution >= 4 is 27.4 Å². The van der Waals surface area contributed by atoms with Crippen LogP contribution in [0.5, 0.6) is 0 Å². The van der Waals surface area contributed by atoms with Crippen molar-refractivity contribution in [3.05, 3.63) is 46.2 Å². The number of nitrogens with zero attached hydrogens (tertiary/aromatic N) is 8. The Hall–Kier alpha value is -4.05. The summed E-state index contributed by atoms with van der Waals surface area (Å²) in [6.45, 7) is 5.97. The minimum atomic E-state index is -0.0692. The molecule has 1 unspecified atom stereocenters. The van der Waals surface area contributed by atoms with Gasteiger partial charge in [0.1, 0.15) is 11.1 Å². The van der Waals surface area contributed by atoms with Crippen LogP contribution < -0.4 is 5.73 Å². The van der Waals surface area contributed by atoms with Crippen LogP contribution in [0.4, 0.5) is 5.00 Å². The molecule has 5 aromatic rings. The highest BCUT2D eigenvalue weighted by Gasteiger charge is 2.29. The second-order valence-corrected chi connectivity index (χ2v) is 12.4. The zero-order chi connectivity index (χ0) is 30.1. The number of aliphatic hydroxyl groups is 1. The van der Waals surface area contributed by atoms with Gasteiger partial charge in [0.25, 0.3) is 0 Å². The lowest BCUT2D eigenvalue weighted by Crippen LogP contribution is -2.29. The Labute approximate surface area is 254 Å². The lowest BCUT2D eigenvalue weighted by atomic mass is 9.98. The maximum absolute atomic E-state index is 10.0. The van der Waals surface area contributed by atoms with Gasteiger partial charge >= 0.3 is 0 Å². The summed E-state index contributed by atoms with van der Waals surface area (Å²) in [6, 6.07) is 4.55. The maximum atomic E-state index is 10.0. The molecule has 0 spiro atoms. The standard InChI is InChI=1S/C31H37N9O2S/c1-4-6-10-21-26(37-42-27(21)25-22(14-32)28(33)43-24(25)8-5-2)29-35-30(39-13-11-19(16-39)18-41)23-15-34-40(31(23)36-29)17-20-9-7-12-38(20)3/h11,13,15-16,20,41H,4-10,12,17-18,33H2,1-3H3. The number of nitrogens with two attached hydrogens (primary N) is 1. The number of likely N-dealkylation sites (tertiary alicyclic amines) is 1. The van der Waals surface area contributed by atoms with Gasteiger partial charge in [-0.25, -0.2) is 14.6 Å². The lowest BCUT2D eigenvalue weighted by molar-refractivity contribution is 0.276. The van der Waals surface area contributed by atoms with Gasteiger partial charge in [-0.05, 0) is 57.3 Å². The van der Waals surface area contributed by atoms with Gasteiger partial charge in [0, 0.05) is 28.9 Å². The van der Waals surface area contributed by atoms with Crippen LogP contribution in [0.2, 0.25) is 0 Å². The molecule has 43 heavy (non-hydrogen) atoms. The fourth-order valence-electron chi connectivity index (χ4n) is 5.97. The Morgan fingerprint density at radius 3 is 2.79 bits per heavy atom. The van der Waals surface area contributed by atoms with Gasteiger partial charge in [-0.15, -0.1) is 11.3 Å². The van der Waals surface area contributed by atoms with E-state index in [9.17, 15) is 10.4 Å². The van der Waals surface area contributed by atoms with Gasteiger partial charge in [0.2, 0.25) is 0 Å². The summed E-state index contributed by atoms with van der Waals surface area (Å²) < 4.78 is 9.95. The smallest absolute Gasteiger partial charge is 0.186 e. The Morgan fingerprint density at radius 2 is 2.09 bits per heavy atom. The second kappa shape index (κ2) is 12.3. The quantitative estimate of drug-likeness (QED) is 0.205. The van der Waals surface area contributed by atoms with Crippen LogP contribution in [-0.2, 0) is 26.0 Å². The van der Waals surface area contributed by atoms with Gasteiger partial charge in [-0.3, -0.25) is 0 Å². The number of thiophene rings is 1. The van der Waals surface area contributed by atoms with E-state index in [4.69, 9.17) is 25.3 Å². The summed E-state index contributed by atoms with van der Waals surface area (Å²) in [5, 5.41) is 30.4. The predicted molar refractivity (Wildman–Crippen MR) is 167 cm³/mol. The number of fused-ring (bicyclic) bond motifs is 1. The van der Waals surface area contributed by atoms with E-state index in [0.29, 0.717) is 46.1 Å². The Balaban J connectivity index is 1.55. The minimum absolute atomic E-state index is 0.0692. The van der Waals surface area contributed by atoms with E-state index in [1.165, 1.54) is 17.8 Å². The molecular weight excluding hydrogens is 562 g/mol. The molecule has 1 fully saturated rings. The first kappa shape index (κ1) is 29.0. The van der Waals surface area contributed by atoms with Gasteiger partial charge in [-0.2, -0.15) is 10.4 Å². The summed E-state index contributed by atoms with van der Waals surface area (Å²) in [4.78, 5) is 13.5. The number of nitriles is 1. The van der Waals surface area contributed by atoms with Gasteiger partial charge in [0.05, 0.1) is 35.9 Å². The topological polar surface area (TPSA) is 148 Å². The summed E-state index contributed by atoms with van der Waals surface area (Å²) in [7, 11) is 2.15. The van der Waals surface area contributed by atoms with Gasteiger partial charge in [-0.1, -0.05) is 31.8 Å². The SMILES string of the molecule is CCCCc1c(-c2nc(-n3ccc(CO)c3)c3cnn(CC4CCCN4C)c3n2)noc1-c1c(CCC)sc(N)c1C#N. The molecule has 0 aromatic carbocycles. The molecular formula is C31H37N9O2S. The van der Waals surface area contributed by atoms with Crippen molar-refractivity contribution in [3.8, 4) is 34.7 Å². The Kier molecular flexibility index (Phi) is 8.30. The van der Waals surface area contributed by atoms with Crippen LogP contribution in [0, 0.1) is 11.3 Å². The van der Waals surface area contributed by atoms with Crippen molar-refractivity contribution in [2.24, 2.45) is 0 Å². The third-order valence-corrected chi connectivity index (χ3v) is 9.40. The second-order valence-electron chi connectivity index (χ2n) is 11.2. The Morgan fingerprint density at radius 1 is 1.23 bits per heavy atom. The highest BCUT2D eigenvalue weighted by molar-refractivity contribution is 7.16. The molecule has 6 rings (SSSR count). The molecule has 5 aromatic heterocycles. The number of likely N-dealkylation sites (N-methyl/N-ethyl adjacent to an activating group) is 1. The molecule has 0 saturated carbocycles. The molecule has 0 bridgehead atoms. The lowest BCUT2D eigenvalue weighted by Gasteiger charge is -2.19. The van der Waals surface area contributed by atoms with Gasteiger partial charge in [0.15, 0.2) is 28.7 Å². The summed E-state index contributed by atoms with van der Waals surface area (Å²) in [6.07, 6.45) is 12.1. The zero-order valence-electron chi connectivity index (χ0n) is 24.9. The van der Waals surface area contributed by atoms with Crippen molar-refractivity contribution in [2.45, 2.75) is 78.0 Å². The van der Waals surface area contributed by atoms with E-state index in [1.54, 1.807) is 0 Å². The largest absolute Gasteiger partial charge is 0.392 e. The van der Waals surface area contributed by atoms with Gasteiger partial charge < -0.3 is 24.8 Å². The average molecular weight is 600 g/mol. The van der Waals surface area contributed by atoms with Crippen molar-refractivity contribution in [3.63, 3.8) is 0 Å². The Bertz CT molecular complexity index is 1790. The van der Waals surface area contributed by atoms with Crippen LogP contribution in [0.3, 0.4) is 0 Å². The third kappa shape index (κ3) is 5.33. The molecule has 0 radical (unpaired) electrons. The first-order valence-corrected chi connectivity index (χ1v) is 15.8. The van der Waals surface area contributed by atoms with Crippen molar-refractivity contribution < 1.29 is 9.63 Å². The van der Waals surface area contributed by atoms with Crippen LogP contribution in [0.1, 0.15) is 67.5 Å². The number of aliphatic hydroxyl groups excluding tert-OH is 1. The molecule has 1 saturated heterocycles. The molecule has 224 valence electrons.